The van der Waals surface area contributed by atoms with Gasteiger partial charge in [-0.2, -0.15) is 0 Å². The molecule has 1 rings (SSSR count). The summed E-state index contributed by atoms with van der Waals surface area (Å²) >= 11 is 0. The van der Waals surface area contributed by atoms with Gasteiger partial charge < -0.3 is 15.6 Å². The van der Waals surface area contributed by atoms with Crippen molar-refractivity contribution in [3.63, 3.8) is 0 Å². The van der Waals surface area contributed by atoms with E-state index in [1.165, 1.54) is 19.2 Å². The lowest BCUT2D eigenvalue weighted by atomic mass is 10.0. The fraction of sp³-hybridized carbons (Fsp3) is 0.455. The van der Waals surface area contributed by atoms with E-state index < -0.39 is 11.0 Å². The first kappa shape index (κ1) is 16.5. The fourth-order valence-corrected chi connectivity index (χ4v) is 1.62. The zero-order chi connectivity index (χ0) is 13.0. The van der Waals surface area contributed by atoms with Crippen LogP contribution in [0.3, 0.4) is 0 Å². The van der Waals surface area contributed by atoms with Crippen molar-refractivity contribution in [2.45, 2.75) is 25.8 Å². The van der Waals surface area contributed by atoms with Crippen molar-refractivity contribution in [1.29, 1.82) is 0 Å². The molecule has 0 aliphatic rings. The van der Waals surface area contributed by atoms with Gasteiger partial charge in [0.1, 0.15) is 0 Å². The molecule has 18 heavy (non-hydrogen) atoms. The highest BCUT2D eigenvalue weighted by molar-refractivity contribution is 5.85. The summed E-state index contributed by atoms with van der Waals surface area (Å²) in [5.74, 6) is -0.0557. The van der Waals surface area contributed by atoms with E-state index in [-0.39, 0.29) is 29.6 Å². The van der Waals surface area contributed by atoms with E-state index >= 15 is 0 Å². The van der Waals surface area contributed by atoms with Crippen LogP contribution in [-0.2, 0) is 0 Å². The Morgan fingerprint density at radius 1 is 1.56 bits per heavy atom. The Morgan fingerprint density at radius 2 is 2.17 bits per heavy atom. The minimum Gasteiger partial charge on any atom is -0.504 e. The predicted molar refractivity (Wildman–Crippen MR) is 70.4 cm³/mol. The normalized spacial score (nSPS) is 11.5. The number of phenolic OH excluding ortho intramolecular Hbond substituents is 1. The average molecular weight is 277 g/mol. The number of ether oxygens (including phenoxy) is 1. The molecule has 1 atom stereocenters. The molecular formula is C11H17ClN2O4. The number of methoxy groups -OCH3 is 1. The minimum absolute atomic E-state index is 0. The van der Waals surface area contributed by atoms with Gasteiger partial charge in [-0.1, -0.05) is 13.3 Å². The van der Waals surface area contributed by atoms with Crippen LogP contribution in [0.1, 0.15) is 31.4 Å². The number of rotatable bonds is 5. The SMILES string of the molecule is CCC[C@H](N)c1cc([N+](=O)[O-])cc(OC)c1O.Cl. The third kappa shape index (κ3) is 3.48. The number of halogens is 1. The van der Waals surface area contributed by atoms with Gasteiger partial charge in [-0.05, 0) is 6.42 Å². The molecule has 0 fully saturated rings. The number of nitro groups is 1. The monoisotopic (exact) mass is 276 g/mol. The van der Waals surface area contributed by atoms with Crippen LogP contribution >= 0.6 is 12.4 Å². The van der Waals surface area contributed by atoms with E-state index in [0.29, 0.717) is 12.0 Å². The van der Waals surface area contributed by atoms with E-state index in [0.717, 1.165) is 6.42 Å². The number of nitro benzene ring substituents is 1. The number of phenols is 1. The maximum Gasteiger partial charge on any atom is 0.273 e. The summed E-state index contributed by atoms with van der Waals surface area (Å²) in [6, 6.07) is 2.03. The molecule has 1 aromatic rings. The lowest BCUT2D eigenvalue weighted by Gasteiger charge is -2.14. The number of aromatic hydroxyl groups is 1. The van der Waals surface area contributed by atoms with Gasteiger partial charge in [0.2, 0.25) is 0 Å². The van der Waals surface area contributed by atoms with Crippen molar-refractivity contribution in [3.8, 4) is 11.5 Å². The number of benzene rings is 1. The number of hydrogen-bond acceptors (Lipinski definition) is 5. The lowest BCUT2D eigenvalue weighted by Crippen LogP contribution is -2.10. The zero-order valence-corrected chi connectivity index (χ0v) is 11.1. The van der Waals surface area contributed by atoms with Gasteiger partial charge in [-0.25, -0.2) is 0 Å². The summed E-state index contributed by atoms with van der Waals surface area (Å²) in [7, 11) is 1.34. The Labute approximate surface area is 111 Å². The number of non-ortho nitro benzene ring substituents is 1. The molecule has 0 spiro atoms. The van der Waals surface area contributed by atoms with Gasteiger partial charge in [-0.3, -0.25) is 10.1 Å². The van der Waals surface area contributed by atoms with E-state index in [1.54, 1.807) is 0 Å². The van der Waals surface area contributed by atoms with E-state index in [4.69, 9.17) is 10.5 Å². The van der Waals surface area contributed by atoms with Crippen molar-refractivity contribution >= 4 is 18.1 Å². The van der Waals surface area contributed by atoms with E-state index in [9.17, 15) is 15.2 Å². The fourth-order valence-electron chi connectivity index (χ4n) is 1.62. The molecule has 0 aliphatic heterocycles. The van der Waals surface area contributed by atoms with Crippen LogP contribution < -0.4 is 10.5 Å². The number of nitrogens with zero attached hydrogens (tertiary/aromatic N) is 1. The second-order valence-corrected chi connectivity index (χ2v) is 3.74. The molecule has 102 valence electrons. The third-order valence-corrected chi connectivity index (χ3v) is 2.52. The molecular weight excluding hydrogens is 260 g/mol. The molecule has 0 aliphatic carbocycles. The molecule has 6 nitrogen and oxygen atoms in total. The largest absolute Gasteiger partial charge is 0.504 e. The van der Waals surface area contributed by atoms with Crippen LogP contribution in [0.4, 0.5) is 5.69 Å². The first-order valence-electron chi connectivity index (χ1n) is 5.32. The molecule has 0 bridgehead atoms. The van der Waals surface area contributed by atoms with Gasteiger partial charge >= 0.3 is 0 Å². The highest BCUT2D eigenvalue weighted by atomic mass is 35.5. The van der Waals surface area contributed by atoms with Crippen LogP contribution in [0.15, 0.2) is 12.1 Å². The Bertz CT molecular complexity index is 426. The molecule has 0 aromatic heterocycles. The van der Waals surface area contributed by atoms with Crippen molar-refractivity contribution in [3.05, 3.63) is 27.8 Å². The summed E-state index contributed by atoms with van der Waals surface area (Å²) in [5.41, 5.74) is 6.07. The van der Waals surface area contributed by atoms with Crippen molar-refractivity contribution in [2.75, 3.05) is 7.11 Å². The van der Waals surface area contributed by atoms with Crippen molar-refractivity contribution in [1.82, 2.24) is 0 Å². The topological polar surface area (TPSA) is 98.6 Å². The second kappa shape index (κ2) is 7.03. The average Bonchev–Trinajstić information content (AvgIpc) is 2.29. The highest BCUT2D eigenvalue weighted by Crippen LogP contribution is 2.38. The molecule has 3 N–H and O–H groups in total. The molecule has 0 radical (unpaired) electrons. The van der Waals surface area contributed by atoms with Crippen molar-refractivity contribution < 1.29 is 14.8 Å². The summed E-state index contributed by atoms with van der Waals surface area (Å²) in [6.45, 7) is 1.95. The Balaban J connectivity index is 0.00000289. The number of nitrogens with two attached hydrogens (primary N) is 1. The van der Waals surface area contributed by atoms with Gasteiger partial charge in [0.05, 0.1) is 18.1 Å². The molecule has 0 amide bonds. The van der Waals surface area contributed by atoms with Gasteiger partial charge in [-0.15, -0.1) is 12.4 Å². The van der Waals surface area contributed by atoms with Gasteiger partial charge in [0.25, 0.3) is 5.69 Å². The highest BCUT2D eigenvalue weighted by Gasteiger charge is 2.20. The molecule has 0 saturated heterocycles. The Morgan fingerprint density at radius 3 is 2.61 bits per heavy atom. The van der Waals surface area contributed by atoms with Gasteiger partial charge in [0.15, 0.2) is 11.5 Å². The van der Waals surface area contributed by atoms with Crippen LogP contribution in [0, 0.1) is 10.1 Å². The van der Waals surface area contributed by atoms with Gasteiger partial charge in [0, 0.05) is 17.7 Å². The molecule has 0 saturated carbocycles. The quantitative estimate of drug-likeness (QED) is 0.636. The lowest BCUT2D eigenvalue weighted by molar-refractivity contribution is -0.385. The third-order valence-electron chi connectivity index (χ3n) is 2.52. The standard InChI is InChI=1S/C11H16N2O4.ClH/c1-3-4-9(12)8-5-7(13(15)16)6-10(17-2)11(8)14;/h5-6,9,14H,3-4,12H2,1-2H3;1H/t9-;/m0./s1. The van der Waals surface area contributed by atoms with Crippen LogP contribution in [0.2, 0.25) is 0 Å². The molecule has 0 unspecified atom stereocenters. The van der Waals surface area contributed by atoms with Crippen LogP contribution in [0.25, 0.3) is 0 Å². The first-order valence-corrected chi connectivity index (χ1v) is 5.32. The number of hydrogen-bond donors (Lipinski definition) is 2. The van der Waals surface area contributed by atoms with E-state index in [1.807, 2.05) is 6.92 Å². The first-order chi connectivity index (χ1) is 8.01. The maximum atomic E-state index is 10.7. The molecule has 0 heterocycles. The van der Waals surface area contributed by atoms with Crippen LogP contribution in [-0.4, -0.2) is 17.1 Å². The summed E-state index contributed by atoms with van der Waals surface area (Å²) in [6.07, 6.45) is 1.46. The Hall–Kier alpha value is -1.53. The zero-order valence-electron chi connectivity index (χ0n) is 10.3. The van der Waals surface area contributed by atoms with E-state index in [2.05, 4.69) is 0 Å². The smallest absolute Gasteiger partial charge is 0.273 e. The molecule has 7 heteroatoms. The molecule has 1 aromatic carbocycles. The maximum absolute atomic E-state index is 10.7. The summed E-state index contributed by atoms with van der Waals surface area (Å²) < 4.78 is 4.89. The second-order valence-electron chi connectivity index (χ2n) is 3.74. The predicted octanol–water partition coefficient (Wildman–Crippen LogP) is 2.53. The summed E-state index contributed by atoms with van der Waals surface area (Å²) in [5, 5.41) is 20.6. The Kier molecular flexibility index (Phi) is 6.43. The van der Waals surface area contributed by atoms with Crippen LogP contribution in [0.5, 0.6) is 11.5 Å². The minimum atomic E-state index is -0.538. The van der Waals surface area contributed by atoms with Crippen molar-refractivity contribution in [2.24, 2.45) is 5.73 Å². The summed E-state index contributed by atoms with van der Waals surface area (Å²) in [4.78, 5) is 10.2.